The summed E-state index contributed by atoms with van der Waals surface area (Å²) < 4.78 is 4.98. The summed E-state index contributed by atoms with van der Waals surface area (Å²) in [7, 11) is 1.28. The summed E-state index contributed by atoms with van der Waals surface area (Å²) >= 11 is 0. The molecular formula is C22H25N3O3. The van der Waals surface area contributed by atoms with Crippen molar-refractivity contribution in [3.8, 4) is 11.3 Å². The van der Waals surface area contributed by atoms with Gasteiger partial charge in [0.2, 0.25) is 0 Å². The number of Topliss-reactive ketones (excluding diaryl/α,β-unsaturated/α-hetero) is 1. The molecule has 0 aliphatic heterocycles. The van der Waals surface area contributed by atoms with Crippen molar-refractivity contribution in [1.29, 1.82) is 0 Å². The van der Waals surface area contributed by atoms with E-state index >= 15 is 0 Å². The van der Waals surface area contributed by atoms with Crippen LogP contribution in [0.3, 0.4) is 0 Å². The number of carbonyl (C=O) groups excluding carboxylic acids is 2. The number of esters is 1. The third kappa shape index (κ3) is 3.09. The minimum absolute atomic E-state index is 0.0187. The molecular weight excluding hydrogens is 354 g/mol. The summed E-state index contributed by atoms with van der Waals surface area (Å²) in [6, 6.07) is 8.06. The van der Waals surface area contributed by atoms with Gasteiger partial charge in [0.15, 0.2) is 16.8 Å². The van der Waals surface area contributed by atoms with E-state index in [2.05, 4.69) is 47.9 Å². The maximum atomic E-state index is 12.7. The molecule has 0 saturated carbocycles. The monoisotopic (exact) mass is 379 g/mol. The molecule has 0 spiro atoms. The lowest BCUT2D eigenvalue weighted by atomic mass is 9.77. The van der Waals surface area contributed by atoms with E-state index in [1.54, 1.807) is 19.3 Å². The van der Waals surface area contributed by atoms with Gasteiger partial charge in [0, 0.05) is 18.0 Å². The number of nitrogens with zero attached hydrogens (tertiary/aromatic N) is 2. The van der Waals surface area contributed by atoms with Crippen LogP contribution in [0.2, 0.25) is 0 Å². The second kappa shape index (κ2) is 6.86. The highest BCUT2D eigenvalue weighted by Gasteiger charge is 2.46. The van der Waals surface area contributed by atoms with Gasteiger partial charge in [0.1, 0.15) is 5.52 Å². The van der Waals surface area contributed by atoms with Gasteiger partial charge in [-0.05, 0) is 30.4 Å². The van der Waals surface area contributed by atoms with Crippen LogP contribution in [0.25, 0.3) is 22.4 Å². The molecule has 0 fully saturated rings. The summed E-state index contributed by atoms with van der Waals surface area (Å²) in [5.41, 5.74) is 2.69. The quantitative estimate of drug-likeness (QED) is 0.548. The van der Waals surface area contributed by atoms with E-state index in [0.29, 0.717) is 22.4 Å². The van der Waals surface area contributed by atoms with Crippen LogP contribution in [0.1, 0.15) is 45.7 Å². The third-order valence-corrected chi connectivity index (χ3v) is 5.27. The molecule has 2 aromatic heterocycles. The van der Waals surface area contributed by atoms with Crippen molar-refractivity contribution in [3.63, 3.8) is 0 Å². The van der Waals surface area contributed by atoms with E-state index < -0.39 is 11.4 Å². The van der Waals surface area contributed by atoms with Crippen molar-refractivity contribution < 1.29 is 14.3 Å². The van der Waals surface area contributed by atoms with E-state index in [1.165, 1.54) is 19.6 Å². The number of fused-ring (bicyclic) bond motifs is 1. The van der Waals surface area contributed by atoms with Crippen LogP contribution in [0, 0.1) is 0 Å². The molecule has 3 aromatic rings. The number of ketones is 1. The average Bonchev–Trinajstić information content (AvgIpc) is 3.05. The standard InChI is InChI=1S/C22H25N3O3/c1-13(26)22(5,20(27)28-6)16-17(25-19-18(16)23-11-12-24-19)14-7-9-15(10-8-14)21(2,3)4/h7-12H,1-6H3,(H,24,25). The van der Waals surface area contributed by atoms with Crippen molar-refractivity contribution in [2.24, 2.45) is 0 Å². The van der Waals surface area contributed by atoms with Crippen LogP contribution < -0.4 is 0 Å². The van der Waals surface area contributed by atoms with Crippen molar-refractivity contribution >= 4 is 22.9 Å². The molecule has 6 heteroatoms. The molecule has 2 heterocycles. The topological polar surface area (TPSA) is 84.9 Å². The summed E-state index contributed by atoms with van der Waals surface area (Å²) in [5.74, 6) is -0.947. The average molecular weight is 379 g/mol. The van der Waals surface area contributed by atoms with Gasteiger partial charge in [-0.1, -0.05) is 45.0 Å². The number of H-pyrrole nitrogens is 1. The molecule has 3 rings (SSSR count). The Morgan fingerprint density at radius 2 is 1.61 bits per heavy atom. The number of aromatic nitrogens is 3. The Morgan fingerprint density at radius 1 is 1.00 bits per heavy atom. The highest BCUT2D eigenvalue weighted by Crippen LogP contribution is 2.39. The maximum absolute atomic E-state index is 12.7. The van der Waals surface area contributed by atoms with Gasteiger partial charge in [-0.15, -0.1) is 0 Å². The van der Waals surface area contributed by atoms with E-state index in [4.69, 9.17) is 4.74 Å². The first-order valence-corrected chi connectivity index (χ1v) is 9.14. The van der Waals surface area contributed by atoms with Gasteiger partial charge < -0.3 is 9.72 Å². The van der Waals surface area contributed by atoms with Gasteiger partial charge in [0.05, 0.1) is 12.8 Å². The minimum Gasteiger partial charge on any atom is -0.468 e. The maximum Gasteiger partial charge on any atom is 0.323 e. The molecule has 0 saturated heterocycles. The Balaban J connectivity index is 2.31. The lowest BCUT2D eigenvalue weighted by Gasteiger charge is -2.25. The Labute approximate surface area is 164 Å². The van der Waals surface area contributed by atoms with Crippen molar-refractivity contribution in [2.75, 3.05) is 7.11 Å². The second-order valence-electron chi connectivity index (χ2n) is 8.13. The minimum atomic E-state index is -1.50. The Bertz CT molecular complexity index is 1050. The van der Waals surface area contributed by atoms with Crippen LogP contribution in [-0.2, 0) is 25.2 Å². The highest BCUT2D eigenvalue weighted by molar-refractivity contribution is 6.12. The highest BCUT2D eigenvalue weighted by atomic mass is 16.5. The van der Waals surface area contributed by atoms with Crippen LogP contribution in [-0.4, -0.2) is 33.8 Å². The van der Waals surface area contributed by atoms with Gasteiger partial charge >= 0.3 is 5.97 Å². The predicted octanol–water partition coefficient (Wildman–Crippen LogP) is 3.94. The number of ether oxygens (including phenoxy) is 1. The van der Waals surface area contributed by atoms with Crippen LogP contribution in [0.5, 0.6) is 0 Å². The molecule has 146 valence electrons. The zero-order valence-corrected chi connectivity index (χ0v) is 17.1. The molecule has 28 heavy (non-hydrogen) atoms. The number of benzene rings is 1. The van der Waals surface area contributed by atoms with Crippen molar-refractivity contribution in [3.05, 3.63) is 47.8 Å². The summed E-state index contributed by atoms with van der Waals surface area (Å²) in [4.78, 5) is 37.3. The summed E-state index contributed by atoms with van der Waals surface area (Å²) in [5, 5.41) is 0. The molecule has 6 nitrogen and oxygen atoms in total. The van der Waals surface area contributed by atoms with E-state index in [9.17, 15) is 9.59 Å². The van der Waals surface area contributed by atoms with Crippen LogP contribution in [0.4, 0.5) is 0 Å². The van der Waals surface area contributed by atoms with Gasteiger partial charge in [-0.3, -0.25) is 14.6 Å². The Morgan fingerprint density at radius 3 is 2.14 bits per heavy atom. The lowest BCUT2D eigenvalue weighted by molar-refractivity contribution is -0.150. The van der Waals surface area contributed by atoms with Gasteiger partial charge in [-0.25, -0.2) is 4.98 Å². The number of hydrogen-bond donors (Lipinski definition) is 1. The predicted molar refractivity (Wildman–Crippen MR) is 108 cm³/mol. The first-order chi connectivity index (χ1) is 13.1. The normalized spacial score (nSPS) is 13.9. The molecule has 0 radical (unpaired) electrons. The molecule has 1 unspecified atom stereocenters. The second-order valence-corrected chi connectivity index (χ2v) is 8.13. The zero-order chi connectivity index (χ0) is 20.7. The van der Waals surface area contributed by atoms with E-state index in [-0.39, 0.29) is 11.2 Å². The molecule has 1 aromatic carbocycles. The van der Waals surface area contributed by atoms with Crippen LogP contribution in [0.15, 0.2) is 36.7 Å². The molecule has 1 N–H and O–H groups in total. The van der Waals surface area contributed by atoms with Gasteiger partial charge in [0.25, 0.3) is 0 Å². The largest absolute Gasteiger partial charge is 0.468 e. The smallest absolute Gasteiger partial charge is 0.323 e. The lowest BCUT2D eigenvalue weighted by Crippen LogP contribution is -2.40. The Kier molecular flexibility index (Phi) is 4.83. The number of aromatic amines is 1. The number of rotatable bonds is 4. The number of nitrogens with one attached hydrogen (secondary N) is 1. The van der Waals surface area contributed by atoms with E-state index in [0.717, 1.165) is 5.56 Å². The van der Waals surface area contributed by atoms with Crippen molar-refractivity contribution in [1.82, 2.24) is 15.0 Å². The molecule has 0 amide bonds. The number of carbonyl (C=O) groups is 2. The summed E-state index contributed by atoms with van der Waals surface area (Å²) in [6.45, 7) is 9.40. The molecule has 1 atom stereocenters. The fourth-order valence-corrected chi connectivity index (χ4v) is 3.38. The van der Waals surface area contributed by atoms with Gasteiger partial charge in [-0.2, -0.15) is 0 Å². The summed E-state index contributed by atoms with van der Waals surface area (Å²) in [6.07, 6.45) is 3.11. The first-order valence-electron chi connectivity index (χ1n) is 9.14. The number of methoxy groups -OCH3 is 1. The van der Waals surface area contributed by atoms with Crippen molar-refractivity contribution in [2.45, 2.75) is 45.4 Å². The molecule has 0 aliphatic rings. The van der Waals surface area contributed by atoms with E-state index in [1.807, 2.05) is 12.1 Å². The Hall–Kier alpha value is -3.02. The number of hydrogen-bond acceptors (Lipinski definition) is 5. The molecule has 0 aliphatic carbocycles. The first kappa shape index (κ1) is 19.7. The molecule has 0 bridgehead atoms. The zero-order valence-electron chi connectivity index (χ0n) is 17.1. The SMILES string of the molecule is COC(=O)C(C)(C(C)=O)c1c(-c2ccc(C(C)(C)C)cc2)[nH]c2nccnc12. The fourth-order valence-electron chi connectivity index (χ4n) is 3.38. The third-order valence-electron chi connectivity index (χ3n) is 5.27. The van der Waals surface area contributed by atoms with Crippen LogP contribution >= 0.6 is 0 Å². The fraction of sp³-hybridized carbons (Fsp3) is 0.364.